The summed E-state index contributed by atoms with van der Waals surface area (Å²) < 4.78 is 0.773. The molecule has 1 heterocycles. The SMILES string of the molecule is CC(C)[C@@H](C(=O)O)n1c(=O)[nH]c2ccccc2c1=O. The highest BCUT2D eigenvalue weighted by Crippen LogP contribution is 2.15. The monoisotopic (exact) mass is 262 g/mol. The molecule has 0 bridgehead atoms. The second kappa shape index (κ2) is 4.72. The summed E-state index contributed by atoms with van der Waals surface area (Å²) >= 11 is 0. The van der Waals surface area contributed by atoms with Gasteiger partial charge in [0.15, 0.2) is 0 Å². The number of carboxylic acids is 1. The largest absolute Gasteiger partial charge is 0.480 e. The molecule has 0 spiro atoms. The third-order valence-corrected chi connectivity index (χ3v) is 3.00. The Morgan fingerprint density at radius 1 is 1.26 bits per heavy atom. The minimum absolute atomic E-state index is 0.300. The van der Waals surface area contributed by atoms with Gasteiger partial charge in [-0.25, -0.2) is 14.2 Å². The maximum atomic E-state index is 12.3. The number of benzene rings is 1. The van der Waals surface area contributed by atoms with Crippen LogP contribution in [0.1, 0.15) is 19.9 Å². The van der Waals surface area contributed by atoms with E-state index in [-0.39, 0.29) is 5.92 Å². The van der Waals surface area contributed by atoms with Gasteiger partial charge in [0.05, 0.1) is 10.9 Å². The van der Waals surface area contributed by atoms with E-state index in [4.69, 9.17) is 0 Å². The molecule has 1 aromatic heterocycles. The smallest absolute Gasteiger partial charge is 0.329 e. The van der Waals surface area contributed by atoms with Gasteiger partial charge in [0, 0.05) is 0 Å². The van der Waals surface area contributed by atoms with Crippen LogP contribution in [0.4, 0.5) is 0 Å². The summed E-state index contributed by atoms with van der Waals surface area (Å²) in [6.07, 6.45) is 0. The normalized spacial score (nSPS) is 12.8. The third kappa shape index (κ3) is 2.16. The lowest BCUT2D eigenvalue weighted by Crippen LogP contribution is -2.42. The minimum atomic E-state index is -1.20. The lowest BCUT2D eigenvalue weighted by Gasteiger charge is -2.18. The van der Waals surface area contributed by atoms with Crippen LogP contribution in [0, 0.1) is 5.92 Å². The van der Waals surface area contributed by atoms with E-state index < -0.39 is 23.3 Å². The Labute approximate surface area is 108 Å². The highest BCUT2D eigenvalue weighted by molar-refractivity contribution is 5.78. The van der Waals surface area contributed by atoms with Crippen molar-refractivity contribution in [3.05, 3.63) is 45.1 Å². The predicted octanol–water partition coefficient (Wildman–Crippen LogP) is 0.971. The first-order valence-electron chi connectivity index (χ1n) is 5.90. The van der Waals surface area contributed by atoms with Crippen LogP contribution >= 0.6 is 0 Å². The highest BCUT2D eigenvalue weighted by atomic mass is 16.4. The zero-order chi connectivity index (χ0) is 14.2. The number of H-pyrrole nitrogens is 1. The van der Waals surface area contributed by atoms with Crippen molar-refractivity contribution in [2.45, 2.75) is 19.9 Å². The average Bonchev–Trinajstić information content (AvgIpc) is 2.33. The standard InChI is InChI=1S/C13H14N2O4/c1-7(2)10(12(17)18)15-11(16)8-5-3-4-6-9(8)14-13(15)19/h3-7,10H,1-2H3,(H,14,19)(H,17,18)/t10-/m0/s1. The molecule has 6 heteroatoms. The molecule has 0 amide bonds. The maximum absolute atomic E-state index is 12.3. The highest BCUT2D eigenvalue weighted by Gasteiger charge is 2.27. The van der Waals surface area contributed by atoms with Crippen LogP contribution in [0.2, 0.25) is 0 Å². The van der Waals surface area contributed by atoms with Crippen molar-refractivity contribution in [3.63, 3.8) is 0 Å². The van der Waals surface area contributed by atoms with Crippen LogP contribution in [0.5, 0.6) is 0 Å². The molecule has 1 aromatic carbocycles. The number of hydrogen-bond acceptors (Lipinski definition) is 3. The number of rotatable bonds is 3. The quantitative estimate of drug-likeness (QED) is 0.862. The number of carboxylic acid groups (broad SMARTS) is 1. The van der Waals surface area contributed by atoms with E-state index in [0.29, 0.717) is 10.9 Å². The first kappa shape index (κ1) is 13.1. The predicted molar refractivity (Wildman–Crippen MR) is 70.3 cm³/mol. The van der Waals surface area contributed by atoms with Gasteiger partial charge in [-0.3, -0.25) is 4.79 Å². The Morgan fingerprint density at radius 2 is 1.89 bits per heavy atom. The Morgan fingerprint density at radius 3 is 2.47 bits per heavy atom. The summed E-state index contributed by atoms with van der Waals surface area (Å²) in [5.41, 5.74) is -0.883. The maximum Gasteiger partial charge on any atom is 0.329 e. The number of nitrogens with one attached hydrogen (secondary N) is 1. The van der Waals surface area contributed by atoms with Crippen molar-refractivity contribution in [3.8, 4) is 0 Å². The van der Waals surface area contributed by atoms with E-state index in [0.717, 1.165) is 4.57 Å². The molecule has 6 nitrogen and oxygen atoms in total. The number of nitrogens with zero attached hydrogens (tertiary/aromatic N) is 1. The molecule has 0 aliphatic rings. The van der Waals surface area contributed by atoms with E-state index in [1.807, 2.05) is 0 Å². The third-order valence-electron chi connectivity index (χ3n) is 3.00. The fourth-order valence-electron chi connectivity index (χ4n) is 2.12. The van der Waals surface area contributed by atoms with Crippen molar-refractivity contribution in [1.29, 1.82) is 0 Å². The summed E-state index contributed by atoms with van der Waals surface area (Å²) in [5, 5.41) is 9.51. The van der Waals surface area contributed by atoms with Crippen LogP contribution in [0.15, 0.2) is 33.9 Å². The molecule has 0 unspecified atom stereocenters. The average molecular weight is 262 g/mol. The van der Waals surface area contributed by atoms with E-state index in [1.165, 1.54) is 0 Å². The van der Waals surface area contributed by atoms with Gasteiger partial charge in [0.2, 0.25) is 0 Å². The molecule has 2 N–H and O–H groups in total. The Balaban J connectivity index is 2.84. The van der Waals surface area contributed by atoms with Crippen LogP contribution in [-0.4, -0.2) is 20.6 Å². The van der Waals surface area contributed by atoms with Gasteiger partial charge < -0.3 is 10.1 Å². The van der Waals surface area contributed by atoms with Crippen molar-refractivity contribution in [1.82, 2.24) is 9.55 Å². The second-order valence-electron chi connectivity index (χ2n) is 4.68. The van der Waals surface area contributed by atoms with Gasteiger partial charge >= 0.3 is 11.7 Å². The molecule has 2 rings (SSSR count). The number of fused-ring (bicyclic) bond motifs is 1. The number of carbonyl (C=O) groups is 1. The fourth-order valence-corrected chi connectivity index (χ4v) is 2.12. The van der Waals surface area contributed by atoms with E-state index in [9.17, 15) is 19.5 Å². The summed E-state index contributed by atoms with van der Waals surface area (Å²) in [5.74, 6) is -1.57. The molecule has 0 fully saturated rings. The molecule has 0 aliphatic carbocycles. The zero-order valence-electron chi connectivity index (χ0n) is 10.6. The van der Waals surface area contributed by atoms with Gasteiger partial charge in [-0.05, 0) is 18.1 Å². The number of para-hydroxylation sites is 1. The zero-order valence-corrected chi connectivity index (χ0v) is 10.6. The first-order chi connectivity index (χ1) is 8.93. The number of aliphatic carboxylic acids is 1. The lowest BCUT2D eigenvalue weighted by molar-refractivity contribution is -0.142. The molecule has 2 aromatic rings. The van der Waals surface area contributed by atoms with Gasteiger partial charge in [0.25, 0.3) is 5.56 Å². The molecule has 0 radical (unpaired) electrons. The molecular weight excluding hydrogens is 248 g/mol. The van der Waals surface area contributed by atoms with Gasteiger partial charge in [-0.1, -0.05) is 26.0 Å². The minimum Gasteiger partial charge on any atom is -0.480 e. The van der Waals surface area contributed by atoms with Crippen LogP contribution in [0.3, 0.4) is 0 Å². The molecule has 100 valence electrons. The number of aromatic amines is 1. The summed E-state index contributed by atoms with van der Waals surface area (Å²) in [4.78, 5) is 38.0. The van der Waals surface area contributed by atoms with E-state index >= 15 is 0 Å². The summed E-state index contributed by atoms with van der Waals surface area (Å²) in [6, 6.07) is 5.34. The first-order valence-corrected chi connectivity index (χ1v) is 5.90. The van der Waals surface area contributed by atoms with E-state index in [2.05, 4.69) is 4.98 Å². The Hall–Kier alpha value is -2.37. The van der Waals surface area contributed by atoms with Crippen molar-refractivity contribution < 1.29 is 9.90 Å². The Bertz CT molecular complexity index is 742. The molecule has 19 heavy (non-hydrogen) atoms. The lowest BCUT2D eigenvalue weighted by atomic mass is 10.0. The fraction of sp³-hybridized carbons (Fsp3) is 0.308. The molecule has 0 saturated heterocycles. The molecule has 0 saturated carbocycles. The van der Waals surface area contributed by atoms with Crippen molar-refractivity contribution >= 4 is 16.9 Å². The van der Waals surface area contributed by atoms with Crippen LogP contribution < -0.4 is 11.2 Å². The summed E-state index contributed by atoms with van der Waals surface area (Å²) in [6.45, 7) is 3.31. The second-order valence-corrected chi connectivity index (χ2v) is 4.68. The van der Waals surface area contributed by atoms with E-state index in [1.54, 1.807) is 38.1 Å². The number of hydrogen-bond donors (Lipinski definition) is 2. The summed E-state index contributed by atoms with van der Waals surface area (Å²) in [7, 11) is 0. The van der Waals surface area contributed by atoms with Crippen LogP contribution in [0.25, 0.3) is 10.9 Å². The Kier molecular flexibility index (Phi) is 3.25. The van der Waals surface area contributed by atoms with Crippen molar-refractivity contribution in [2.24, 2.45) is 5.92 Å². The van der Waals surface area contributed by atoms with Crippen LogP contribution in [-0.2, 0) is 4.79 Å². The molecular formula is C13H14N2O4. The molecule has 1 atom stereocenters. The number of aromatic nitrogens is 2. The topological polar surface area (TPSA) is 92.2 Å². The van der Waals surface area contributed by atoms with Gasteiger partial charge in [-0.2, -0.15) is 0 Å². The van der Waals surface area contributed by atoms with Gasteiger partial charge in [-0.15, -0.1) is 0 Å². The molecule has 0 aliphatic heterocycles. The van der Waals surface area contributed by atoms with Crippen molar-refractivity contribution in [2.75, 3.05) is 0 Å². The van der Waals surface area contributed by atoms with Gasteiger partial charge in [0.1, 0.15) is 6.04 Å².